The van der Waals surface area contributed by atoms with Crippen molar-refractivity contribution in [2.24, 2.45) is 11.3 Å². The first-order valence-corrected chi connectivity index (χ1v) is 6.04. The molecule has 2 N–H and O–H groups in total. The van der Waals surface area contributed by atoms with E-state index < -0.39 is 5.41 Å². The lowest BCUT2D eigenvalue weighted by molar-refractivity contribution is -0.128. The van der Waals surface area contributed by atoms with Crippen LogP contribution in [-0.2, 0) is 4.79 Å². The van der Waals surface area contributed by atoms with E-state index in [1.807, 2.05) is 0 Å². The summed E-state index contributed by atoms with van der Waals surface area (Å²) in [5, 5.41) is 21.1. The van der Waals surface area contributed by atoms with Crippen LogP contribution in [-0.4, -0.2) is 23.7 Å². The summed E-state index contributed by atoms with van der Waals surface area (Å²) in [5.41, 5.74) is -0.762. The third-order valence-electron chi connectivity index (χ3n) is 3.87. The molecule has 0 atom stereocenters. The number of rotatable bonds is 3. The van der Waals surface area contributed by atoms with Crippen LogP contribution in [0.3, 0.4) is 0 Å². The van der Waals surface area contributed by atoms with Crippen molar-refractivity contribution in [3.05, 3.63) is 0 Å². The number of amides is 1. The molecule has 0 aromatic heterocycles. The average molecular weight is 222 g/mol. The molecule has 2 fully saturated rings. The molecule has 0 heterocycles. The van der Waals surface area contributed by atoms with E-state index in [-0.39, 0.29) is 12.0 Å². The van der Waals surface area contributed by atoms with E-state index in [0.717, 1.165) is 25.7 Å². The minimum atomic E-state index is -0.762. The molecule has 2 rings (SSSR count). The van der Waals surface area contributed by atoms with Crippen LogP contribution in [0, 0.1) is 22.7 Å². The molecule has 2 aliphatic rings. The molecule has 0 bridgehead atoms. The smallest absolute Gasteiger partial charge is 0.240 e. The van der Waals surface area contributed by atoms with E-state index in [0.29, 0.717) is 25.3 Å². The Kier molecular flexibility index (Phi) is 3.15. The lowest BCUT2D eigenvalue weighted by atomic mass is 9.81. The lowest BCUT2D eigenvalue weighted by Crippen LogP contribution is -2.43. The quantitative estimate of drug-likeness (QED) is 0.747. The van der Waals surface area contributed by atoms with Crippen LogP contribution in [0.15, 0.2) is 0 Å². The summed E-state index contributed by atoms with van der Waals surface area (Å²) in [4.78, 5) is 11.9. The number of nitrogens with one attached hydrogen (secondary N) is 1. The normalized spacial score (nSPS) is 31.5. The van der Waals surface area contributed by atoms with Crippen LogP contribution in [0.1, 0.15) is 38.5 Å². The Balaban J connectivity index is 1.81. The molecule has 0 spiro atoms. The van der Waals surface area contributed by atoms with Crippen molar-refractivity contribution in [1.29, 1.82) is 5.26 Å². The number of aliphatic hydroxyl groups excluding tert-OH is 1. The molecular formula is C12H18N2O2. The van der Waals surface area contributed by atoms with Gasteiger partial charge in [-0.15, -0.1) is 0 Å². The van der Waals surface area contributed by atoms with E-state index in [9.17, 15) is 4.79 Å². The third-order valence-corrected chi connectivity index (χ3v) is 3.87. The van der Waals surface area contributed by atoms with E-state index in [1.54, 1.807) is 0 Å². The molecule has 0 aromatic rings. The van der Waals surface area contributed by atoms with E-state index in [4.69, 9.17) is 10.4 Å². The zero-order valence-electron chi connectivity index (χ0n) is 9.41. The maximum atomic E-state index is 11.9. The Labute approximate surface area is 95.6 Å². The Morgan fingerprint density at radius 1 is 1.44 bits per heavy atom. The van der Waals surface area contributed by atoms with Gasteiger partial charge < -0.3 is 10.4 Å². The fraction of sp³-hybridized carbons (Fsp3) is 0.833. The van der Waals surface area contributed by atoms with Crippen LogP contribution in [0.4, 0.5) is 0 Å². The van der Waals surface area contributed by atoms with Crippen molar-refractivity contribution in [3.63, 3.8) is 0 Å². The highest BCUT2D eigenvalue weighted by molar-refractivity contribution is 5.85. The van der Waals surface area contributed by atoms with Crippen LogP contribution in [0.2, 0.25) is 0 Å². The zero-order valence-corrected chi connectivity index (χ0v) is 9.41. The Morgan fingerprint density at radius 2 is 2.06 bits per heavy atom. The molecule has 2 aliphatic carbocycles. The fourth-order valence-corrected chi connectivity index (χ4v) is 2.64. The van der Waals surface area contributed by atoms with Gasteiger partial charge in [0.1, 0.15) is 5.41 Å². The van der Waals surface area contributed by atoms with Gasteiger partial charge in [-0.05, 0) is 31.6 Å². The zero-order chi connectivity index (χ0) is 11.6. The van der Waals surface area contributed by atoms with Gasteiger partial charge in [0.25, 0.3) is 0 Å². The van der Waals surface area contributed by atoms with Gasteiger partial charge in [0.2, 0.25) is 5.91 Å². The molecule has 88 valence electrons. The summed E-state index contributed by atoms with van der Waals surface area (Å²) in [5.74, 6) is 0.296. The predicted octanol–water partition coefficient (Wildman–Crippen LogP) is 0.957. The van der Waals surface area contributed by atoms with Crippen molar-refractivity contribution in [1.82, 2.24) is 5.32 Å². The minimum Gasteiger partial charge on any atom is -0.393 e. The number of nitrogens with zero attached hydrogens (tertiary/aromatic N) is 1. The number of hydrogen-bond donors (Lipinski definition) is 2. The summed E-state index contributed by atoms with van der Waals surface area (Å²) in [6.45, 7) is 0.610. The van der Waals surface area contributed by atoms with E-state index in [2.05, 4.69) is 11.4 Å². The first kappa shape index (κ1) is 11.4. The lowest BCUT2D eigenvalue weighted by Gasteiger charge is -2.32. The van der Waals surface area contributed by atoms with Gasteiger partial charge in [-0.25, -0.2) is 0 Å². The molecule has 4 nitrogen and oxygen atoms in total. The molecule has 1 amide bonds. The Bertz CT molecular complexity index is 309. The van der Waals surface area contributed by atoms with Crippen molar-refractivity contribution in [3.8, 4) is 6.07 Å². The Hall–Kier alpha value is -1.08. The predicted molar refractivity (Wildman–Crippen MR) is 58.3 cm³/mol. The molecule has 0 radical (unpaired) electrons. The summed E-state index contributed by atoms with van der Waals surface area (Å²) in [6, 6.07) is 2.18. The molecule has 0 saturated heterocycles. The van der Waals surface area contributed by atoms with Crippen LogP contribution in [0.5, 0.6) is 0 Å². The fourth-order valence-electron chi connectivity index (χ4n) is 2.64. The highest BCUT2D eigenvalue weighted by atomic mass is 16.3. The first-order valence-electron chi connectivity index (χ1n) is 6.04. The number of carbonyl (C=O) groups excluding carboxylic acids is 1. The summed E-state index contributed by atoms with van der Waals surface area (Å²) >= 11 is 0. The Morgan fingerprint density at radius 3 is 2.56 bits per heavy atom. The van der Waals surface area contributed by atoms with Gasteiger partial charge in [-0.3, -0.25) is 4.79 Å². The second kappa shape index (κ2) is 4.42. The van der Waals surface area contributed by atoms with Gasteiger partial charge in [0.05, 0.1) is 12.2 Å². The molecule has 4 heteroatoms. The van der Waals surface area contributed by atoms with Crippen LogP contribution < -0.4 is 5.32 Å². The van der Waals surface area contributed by atoms with Crippen molar-refractivity contribution < 1.29 is 9.90 Å². The molecule has 0 aromatic carbocycles. The monoisotopic (exact) mass is 222 g/mol. The summed E-state index contributed by atoms with van der Waals surface area (Å²) in [7, 11) is 0. The standard InChI is InChI=1S/C12H18N2O2/c13-8-12(3-1-2-4-12)11(16)14-7-9-5-10(15)6-9/h9-10,15H,1-7H2,(H,14,16). The topological polar surface area (TPSA) is 73.1 Å². The number of aliphatic hydroxyl groups is 1. The summed E-state index contributed by atoms with van der Waals surface area (Å²) in [6.07, 6.45) is 4.72. The molecule has 0 unspecified atom stereocenters. The number of carbonyl (C=O) groups is 1. The largest absolute Gasteiger partial charge is 0.393 e. The van der Waals surface area contributed by atoms with Crippen LogP contribution in [0.25, 0.3) is 0 Å². The van der Waals surface area contributed by atoms with Crippen molar-refractivity contribution in [2.75, 3.05) is 6.54 Å². The maximum Gasteiger partial charge on any atom is 0.240 e. The van der Waals surface area contributed by atoms with Gasteiger partial charge in [-0.2, -0.15) is 5.26 Å². The number of nitriles is 1. The van der Waals surface area contributed by atoms with E-state index in [1.165, 1.54) is 0 Å². The average Bonchev–Trinajstić information content (AvgIpc) is 2.72. The van der Waals surface area contributed by atoms with Gasteiger partial charge in [-0.1, -0.05) is 12.8 Å². The molecular weight excluding hydrogens is 204 g/mol. The third kappa shape index (κ3) is 2.05. The molecule has 16 heavy (non-hydrogen) atoms. The van der Waals surface area contributed by atoms with Crippen molar-refractivity contribution in [2.45, 2.75) is 44.6 Å². The molecule has 2 saturated carbocycles. The first-order chi connectivity index (χ1) is 7.66. The SMILES string of the molecule is N#CC1(C(=O)NCC2CC(O)C2)CCCC1. The van der Waals surface area contributed by atoms with Gasteiger partial charge >= 0.3 is 0 Å². The second-order valence-electron chi connectivity index (χ2n) is 5.10. The van der Waals surface area contributed by atoms with Crippen LogP contribution >= 0.6 is 0 Å². The van der Waals surface area contributed by atoms with Gasteiger partial charge in [0, 0.05) is 6.54 Å². The van der Waals surface area contributed by atoms with E-state index >= 15 is 0 Å². The minimum absolute atomic E-state index is 0.103. The maximum absolute atomic E-state index is 11.9. The molecule has 0 aliphatic heterocycles. The highest BCUT2D eigenvalue weighted by Crippen LogP contribution is 2.37. The summed E-state index contributed by atoms with van der Waals surface area (Å²) < 4.78 is 0. The van der Waals surface area contributed by atoms with Gasteiger partial charge in [0.15, 0.2) is 0 Å². The second-order valence-corrected chi connectivity index (χ2v) is 5.10. The number of hydrogen-bond acceptors (Lipinski definition) is 3. The van der Waals surface area contributed by atoms with Crippen molar-refractivity contribution >= 4 is 5.91 Å². The highest BCUT2D eigenvalue weighted by Gasteiger charge is 2.41.